The molecule has 12 heteroatoms. The molecule has 0 radical (unpaired) electrons. The summed E-state index contributed by atoms with van der Waals surface area (Å²) in [5.74, 6) is -2.92. The SMILES string of the molecule is CCc1cc2c(cc1OC(=O)N1CCc3sccc3C1)C[C@@H](CCCS(=O)CCCC(F)(F)C(F)(F)F)[C@@H]1[C@@H]2CC[C@]2(C)C(=O)CC[C@@H]12. The molecule has 0 spiro atoms. The van der Waals surface area contributed by atoms with Crippen LogP contribution in [0.5, 0.6) is 5.75 Å². The lowest BCUT2D eigenvalue weighted by Crippen LogP contribution is -2.46. The molecule has 3 aliphatic carbocycles. The van der Waals surface area contributed by atoms with Gasteiger partial charge in [0, 0.05) is 52.0 Å². The average Bonchev–Trinajstić information content (AvgIpc) is 3.63. The van der Waals surface area contributed by atoms with E-state index in [4.69, 9.17) is 4.74 Å². The number of fused-ring (bicyclic) bond motifs is 6. The number of thiophene rings is 1. The van der Waals surface area contributed by atoms with Gasteiger partial charge in [-0.25, -0.2) is 4.79 Å². The number of carbonyl (C=O) groups excluding carboxylic acids is 2. The van der Waals surface area contributed by atoms with Crippen molar-refractivity contribution in [2.75, 3.05) is 18.1 Å². The number of ether oxygens (including phenoxy) is 1. The first-order valence-corrected chi connectivity index (χ1v) is 19.6. The van der Waals surface area contributed by atoms with Gasteiger partial charge in [-0.2, -0.15) is 22.0 Å². The summed E-state index contributed by atoms with van der Waals surface area (Å²) in [5.41, 5.74) is 4.18. The molecule has 2 fully saturated rings. The van der Waals surface area contributed by atoms with Gasteiger partial charge in [0.15, 0.2) is 0 Å². The van der Waals surface area contributed by atoms with E-state index >= 15 is 0 Å². The summed E-state index contributed by atoms with van der Waals surface area (Å²) in [7, 11) is -1.50. The minimum atomic E-state index is -5.60. The summed E-state index contributed by atoms with van der Waals surface area (Å²) in [5, 5.41) is 2.05. The third-order valence-corrected chi connectivity index (χ3v) is 14.2. The molecule has 1 aromatic carbocycles. The van der Waals surface area contributed by atoms with Gasteiger partial charge < -0.3 is 9.64 Å². The fourth-order valence-corrected chi connectivity index (χ4v) is 11.1. The Balaban J connectivity index is 1.18. The minimum Gasteiger partial charge on any atom is -0.410 e. The highest BCUT2D eigenvalue weighted by Crippen LogP contribution is 2.62. The van der Waals surface area contributed by atoms with E-state index in [0.29, 0.717) is 50.3 Å². The second-order valence-electron chi connectivity index (χ2n) is 14.4. The van der Waals surface area contributed by atoms with Crippen LogP contribution in [0.25, 0.3) is 0 Å². The van der Waals surface area contributed by atoms with Crippen molar-refractivity contribution in [3.05, 3.63) is 50.7 Å². The highest BCUT2D eigenvalue weighted by atomic mass is 32.2. The highest BCUT2D eigenvalue weighted by molar-refractivity contribution is 7.84. The Bertz CT molecular complexity index is 1560. The third kappa shape index (κ3) is 6.86. The van der Waals surface area contributed by atoms with Crippen molar-refractivity contribution in [3.8, 4) is 5.75 Å². The monoisotopic (exact) mass is 713 g/mol. The smallest absolute Gasteiger partial charge is 0.410 e. The number of rotatable bonds is 10. The Kier molecular flexibility index (Phi) is 10.2. The lowest BCUT2D eigenvalue weighted by Gasteiger charge is -2.52. The summed E-state index contributed by atoms with van der Waals surface area (Å²) >= 11 is 1.71. The predicted molar refractivity (Wildman–Crippen MR) is 176 cm³/mol. The van der Waals surface area contributed by atoms with Gasteiger partial charge in [0.25, 0.3) is 0 Å². The van der Waals surface area contributed by atoms with Crippen LogP contribution < -0.4 is 4.74 Å². The minimum absolute atomic E-state index is 0.180. The van der Waals surface area contributed by atoms with Crippen molar-refractivity contribution in [2.24, 2.45) is 23.2 Å². The molecular formula is C36H44F5NO4S2. The molecule has 0 bridgehead atoms. The van der Waals surface area contributed by atoms with Crippen molar-refractivity contribution >= 4 is 34.0 Å². The fraction of sp³-hybridized carbons (Fsp3) is 0.667. The normalized spacial score (nSPS) is 27.6. The number of amides is 1. The number of hydrogen-bond donors (Lipinski definition) is 0. The van der Waals surface area contributed by atoms with E-state index < -0.39 is 35.7 Å². The number of Topliss-reactive ketones (excluding diaryl/α,β-unsaturated/α-hetero) is 1. The van der Waals surface area contributed by atoms with Crippen LogP contribution in [0.4, 0.5) is 26.7 Å². The molecule has 264 valence electrons. The standard InChI is InChI=1S/C36H44F5NO4S2/c1-3-22-19-27-25(20-29(22)46-33(44)42-14-10-30-24(21-42)11-15-47-30)18-23(32-26(27)9-13-34(2)28(32)7-8-31(34)43)6-4-16-48(45)17-5-12-35(37,38)36(39,40)41/h11,15,19-20,23,26,28,32H,3-10,12-14,16-18,21H2,1-2H3/t23-,26-,28+,32-,34+,48?/m1/s1. The molecular weight excluding hydrogens is 670 g/mol. The first kappa shape index (κ1) is 35.5. The number of halogens is 5. The van der Waals surface area contributed by atoms with E-state index in [1.165, 1.54) is 10.4 Å². The van der Waals surface area contributed by atoms with Crippen LogP contribution in [0.3, 0.4) is 0 Å². The van der Waals surface area contributed by atoms with Gasteiger partial charge >= 0.3 is 18.2 Å². The maximum absolute atomic E-state index is 13.4. The van der Waals surface area contributed by atoms with E-state index in [1.54, 1.807) is 16.2 Å². The molecule has 4 aliphatic rings. The quantitative estimate of drug-likeness (QED) is 0.231. The lowest BCUT2D eigenvalue weighted by atomic mass is 9.52. The maximum Gasteiger partial charge on any atom is 0.453 e. The molecule has 48 heavy (non-hydrogen) atoms. The van der Waals surface area contributed by atoms with E-state index in [9.17, 15) is 35.8 Å². The number of hydrogen-bond acceptors (Lipinski definition) is 5. The topological polar surface area (TPSA) is 63.7 Å². The zero-order valence-corrected chi connectivity index (χ0v) is 29.1. The molecule has 1 aliphatic heterocycles. The molecule has 6 rings (SSSR count). The summed E-state index contributed by atoms with van der Waals surface area (Å²) in [6.07, 6.45) is -1.15. The zero-order chi connectivity index (χ0) is 34.4. The molecule has 1 unspecified atom stereocenters. The Morgan fingerprint density at radius 2 is 1.88 bits per heavy atom. The molecule has 0 saturated heterocycles. The molecule has 2 aromatic rings. The number of carbonyl (C=O) groups is 2. The van der Waals surface area contributed by atoms with Gasteiger partial charge in [-0.15, -0.1) is 11.3 Å². The van der Waals surface area contributed by atoms with Crippen LogP contribution in [0, 0.1) is 23.2 Å². The van der Waals surface area contributed by atoms with Crippen LogP contribution in [0.1, 0.15) is 98.3 Å². The molecule has 1 aromatic heterocycles. The number of aryl methyl sites for hydroxylation is 1. The zero-order valence-electron chi connectivity index (χ0n) is 27.5. The number of ketones is 1. The van der Waals surface area contributed by atoms with E-state index in [-0.39, 0.29) is 46.7 Å². The van der Waals surface area contributed by atoms with Gasteiger partial charge in [-0.05, 0) is 121 Å². The Morgan fingerprint density at radius 1 is 1.10 bits per heavy atom. The average molecular weight is 714 g/mol. The first-order chi connectivity index (χ1) is 22.7. The van der Waals surface area contributed by atoms with Gasteiger partial charge in [0.2, 0.25) is 0 Å². The Hall–Kier alpha value is -2.34. The summed E-state index contributed by atoms with van der Waals surface area (Å²) in [4.78, 5) is 29.5. The second kappa shape index (κ2) is 13.8. The highest BCUT2D eigenvalue weighted by Gasteiger charge is 2.57. The first-order valence-electron chi connectivity index (χ1n) is 17.2. The van der Waals surface area contributed by atoms with Crippen molar-refractivity contribution in [1.82, 2.24) is 4.90 Å². The lowest BCUT2D eigenvalue weighted by molar-refractivity contribution is -0.284. The number of alkyl halides is 5. The van der Waals surface area contributed by atoms with Crippen molar-refractivity contribution < 1.29 is 40.5 Å². The van der Waals surface area contributed by atoms with Crippen molar-refractivity contribution in [3.63, 3.8) is 0 Å². The van der Waals surface area contributed by atoms with Crippen LogP contribution in [0.15, 0.2) is 23.6 Å². The van der Waals surface area contributed by atoms with Crippen molar-refractivity contribution in [2.45, 2.75) is 109 Å². The molecule has 5 nitrogen and oxygen atoms in total. The van der Waals surface area contributed by atoms with Crippen LogP contribution >= 0.6 is 11.3 Å². The van der Waals surface area contributed by atoms with Crippen molar-refractivity contribution in [1.29, 1.82) is 0 Å². The largest absolute Gasteiger partial charge is 0.453 e. The molecule has 2 saturated carbocycles. The van der Waals surface area contributed by atoms with Crippen LogP contribution in [0.2, 0.25) is 0 Å². The molecule has 6 atom stereocenters. The molecule has 2 heterocycles. The maximum atomic E-state index is 13.4. The predicted octanol–water partition coefficient (Wildman–Crippen LogP) is 9.03. The fourth-order valence-electron chi connectivity index (χ4n) is 9.05. The number of nitrogens with zero attached hydrogens (tertiary/aromatic N) is 1. The Morgan fingerprint density at radius 3 is 2.62 bits per heavy atom. The molecule has 1 amide bonds. The molecule has 0 N–H and O–H groups in total. The third-order valence-electron chi connectivity index (χ3n) is 11.7. The van der Waals surface area contributed by atoms with E-state index in [2.05, 4.69) is 31.4 Å². The summed E-state index contributed by atoms with van der Waals surface area (Å²) in [6, 6.07) is 6.30. The Labute approximate surface area is 285 Å². The van der Waals surface area contributed by atoms with Crippen LogP contribution in [-0.2, 0) is 41.4 Å². The van der Waals surface area contributed by atoms with Gasteiger partial charge in [0.1, 0.15) is 11.5 Å². The summed E-state index contributed by atoms with van der Waals surface area (Å²) in [6.45, 7) is 5.30. The van der Waals surface area contributed by atoms with Crippen LogP contribution in [-0.4, -0.2) is 51.1 Å². The van der Waals surface area contributed by atoms with E-state index in [1.807, 2.05) is 6.07 Å². The summed E-state index contributed by atoms with van der Waals surface area (Å²) < 4.78 is 83.0. The van der Waals surface area contributed by atoms with E-state index in [0.717, 1.165) is 48.8 Å². The second-order valence-corrected chi connectivity index (χ2v) is 17.1. The van der Waals surface area contributed by atoms with Gasteiger partial charge in [-0.3, -0.25) is 9.00 Å². The van der Waals surface area contributed by atoms with Gasteiger partial charge in [0.05, 0.1) is 6.54 Å². The number of benzene rings is 1. The van der Waals surface area contributed by atoms with Gasteiger partial charge in [-0.1, -0.05) is 19.9 Å².